The fourth-order valence-electron chi connectivity index (χ4n) is 4.97. The number of benzene rings is 2. The van der Waals surface area contributed by atoms with Crippen LogP contribution in [0.15, 0.2) is 42.6 Å². The summed E-state index contributed by atoms with van der Waals surface area (Å²) in [4.78, 5) is 19.9. The van der Waals surface area contributed by atoms with Gasteiger partial charge in [-0.15, -0.1) is 0 Å². The van der Waals surface area contributed by atoms with Gasteiger partial charge in [-0.1, -0.05) is 11.6 Å². The molecule has 1 spiro atoms. The number of amides is 1. The van der Waals surface area contributed by atoms with Crippen molar-refractivity contribution < 1.29 is 9.18 Å². The van der Waals surface area contributed by atoms with Crippen LogP contribution < -0.4 is 5.32 Å². The van der Waals surface area contributed by atoms with Crippen LogP contribution in [-0.4, -0.2) is 55.3 Å². The van der Waals surface area contributed by atoms with Crippen molar-refractivity contribution in [2.45, 2.75) is 18.4 Å². The third kappa shape index (κ3) is 3.49. The van der Waals surface area contributed by atoms with Gasteiger partial charge in [0.15, 0.2) is 0 Å². The summed E-state index contributed by atoms with van der Waals surface area (Å²) in [6.45, 7) is 2.29. The van der Waals surface area contributed by atoms with Gasteiger partial charge in [0.1, 0.15) is 28.6 Å². The van der Waals surface area contributed by atoms with Crippen molar-refractivity contribution in [2.24, 2.45) is 7.05 Å². The lowest BCUT2D eigenvalue weighted by molar-refractivity contribution is 0.0761. The van der Waals surface area contributed by atoms with Gasteiger partial charge in [-0.25, -0.2) is 9.37 Å². The molecule has 8 nitrogen and oxygen atoms in total. The quantitative estimate of drug-likeness (QED) is 0.474. The Morgan fingerprint density at radius 1 is 1.26 bits per heavy atom. The molecule has 4 aromatic rings. The number of carbonyl (C=O) groups excluding carboxylic acids is 1. The molecule has 10 heteroatoms. The third-order valence-electron chi connectivity index (χ3n) is 7.04. The van der Waals surface area contributed by atoms with E-state index in [4.69, 9.17) is 16.9 Å². The summed E-state index contributed by atoms with van der Waals surface area (Å²) in [6.07, 6.45) is 3.66. The molecule has 2 aliphatic rings. The predicted molar refractivity (Wildman–Crippen MR) is 129 cm³/mol. The SMILES string of the molecule is Cn1nc2ccc(-n3cc(C(=O)N4CCC5(CCN5)C4)nc3-c3ccc(C#N)c(F)c3)cc2c1Cl. The predicted octanol–water partition coefficient (Wildman–Crippen LogP) is 3.67. The molecule has 2 saturated heterocycles. The highest BCUT2D eigenvalue weighted by atomic mass is 35.5. The number of nitrogens with one attached hydrogen (secondary N) is 1. The lowest BCUT2D eigenvalue weighted by Gasteiger charge is -2.39. The normalized spacial score (nSPS) is 19.3. The molecule has 0 saturated carbocycles. The van der Waals surface area contributed by atoms with E-state index in [1.54, 1.807) is 28.6 Å². The number of nitriles is 1. The van der Waals surface area contributed by atoms with E-state index in [0.29, 0.717) is 35.3 Å². The third-order valence-corrected chi connectivity index (χ3v) is 7.49. The zero-order chi connectivity index (χ0) is 24.3. The average Bonchev–Trinajstić information content (AvgIpc) is 3.55. The molecular weight excluding hydrogens is 469 g/mol. The Bertz CT molecular complexity index is 1550. The zero-order valence-corrected chi connectivity index (χ0v) is 19.7. The van der Waals surface area contributed by atoms with Crippen molar-refractivity contribution in [2.75, 3.05) is 19.6 Å². The van der Waals surface area contributed by atoms with Crippen LogP contribution in [0.25, 0.3) is 28.0 Å². The maximum atomic E-state index is 14.5. The summed E-state index contributed by atoms with van der Waals surface area (Å²) in [5.41, 5.74) is 2.15. The van der Waals surface area contributed by atoms with Crippen molar-refractivity contribution in [3.63, 3.8) is 0 Å². The molecule has 1 amide bonds. The number of imidazole rings is 1. The van der Waals surface area contributed by atoms with E-state index in [2.05, 4.69) is 15.4 Å². The van der Waals surface area contributed by atoms with Gasteiger partial charge in [-0.05, 0) is 55.8 Å². The highest BCUT2D eigenvalue weighted by molar-refractivity contribution is 6.34. The molecule has 2 aromatic heterocycles. The molecular formula is C25H21ClFN7O. The highest BCUT2D eigenvalue weighted by Gasteiger charge is 2.44. The molecule has 2 fully saturated rings. The largest absolute Gasteiger partial charge is 0.335 e. The number of fused-ring (bicyclic) bond motifs is 1. The van der Waals surface area contributed by atoms with Crippen LogP contribution in [0.1, 0.15) is 28.9 Å². The lowest BCUT2D eigenvalue weighted by Crippen LogP contribution is -2.58. The van der Waals surface area contributed by atoms with Crippen molar-refractivity contribution in [1.29, 1.82) is 5.26 Å². The second-order valence-electron chi connectivity index (χ2n) is 9.18. The van der Waals surface area contributed by atoms with Crippen LogP contribution in [0.3, 0.4) is 0 Å². The van der Waals surface area contributed by atoms with Crippen molar-refractivity contribution >= 4 is 28.4 Å². The number of hydrogen-bond donors (Lipinski definition) is 1. The molecule has 0 bridgehead atoms. The first kappa shape index (κ1) is 21.8. The second-order valence-corrected chi connectivity index (χ2v) is 9.53. The molecule has 2 aromatic carbocycles. The monoisotopic (exact) mass is 489 g/mol. The smallest absolute Gasteiger partial charge is 0.274 e. The minimum absolute atomic E-state index is 0.0272. The second kappa shape index (κ2) is 7.90. The van der Waals surface area contributed by atoms with E-state index in [1.165, 1.54) is 12.1 Å². The van der Waals surface area contributed by atoms with Gasteiger partial charge in [-0.3, -0.25) is 14.0 Å². The van der Waals surface area contributed by atoms with Crippen LogP contribution >= 0.6 is 11.6 Å². The number of likely N-dealkylation sites (tertiary alicyclic amines) is 1. The molecule has 1 atom stereocenters. The fourth-order valence-corrected chi connectivity index (χ4v) is 5.16. The topological polar surface area (TPSA) is 91.8 Å². The minimum atomic E-state index is -0.643. The Morgan fingerprint density at radius 2 is 2.09 bits per heavy atom. The van der Waals surface area contributed by atoms with Gasteiger partial charge in [0.2, 0.25) is 0 Å². The first-order valence-electron chi connectivity index (χ1n) is 11.3. The summed E-state index contributed by atoms with van der Waals surface area (Å²) in [6, 6.07) is 11.7. The van der Waals surface area contributed by atoms with Crippen molar-refractivity contribution in [3.05, 3.63) is 64.8 Å². The van der Waals surface area contributed by atoms with Crippen LogP contribution in [0.4, 0.5) is 4.39 Å². The first-order valence-corrected chi connectivity index (χ1v) is 11.7. The van der Waals surface area contributed by atoms with Gasteiger partial charge in [0, 0.05) is 48.5 Å². The van der Waals surface area contributed by atoms with Crippen molar-refractivity contribution in [3.8, 4) is 23.1 Å². The van der Waals surface area contributed by atoms with Crippen LogP contribution in [0, 0.1) is 17.1 Å². The number of nitrogens with zero attached hydrogens (tertiary/aromatic N) is 6. The summed E-state index contributed by atoms with van der Waals surface area (Å²) < 4.78 is 17.9. The van der Waals surface area contributed by atoms with E-state index >= 15 is 0 Å². The Balaban J connectivity index is 1.46. The molecule has 176 valence electrons. The molecule has 35 heavy (non-hydrogen) atoms. The minimum Gasteiger partial charge on any atom is -0.335 e. The Hall–Kier alpha value is -3.74. The van der Waals surface area contributed by atoms with E-state index < -0.39 is 5.82 Å². The van der Waals surface area contributed by atoms with Crippen LogP contribution in [0.5, 0.6) is 0 Å². The van der Waals surface area contributed by atoms with E-state index in [-0.39, 0.29) is 22.7 Å². The molecule has 0 radical (unpaired) electrons. The number of carbonyl (C=O) groups is 1. The van der Waals surface area contributed by atoms with E-state index in [9.17, 15) is 9.18 Å². The molecule has 1 N–H and O–H groups in total. The number of hydrogen-bond acceptors (Lipinski definition) is 5. The van der Waals surface area contributed by atoms with Crippen LogP contribution in [-0.2, 0) is 7.05 Å². The highest BCUT2D eigenvalue weighted by Crippen LogP contribution is 2.33. The summed E-state index contributed by atoms with van der Waals surface area (Å²) >= 11 is 6.43. The number of halogens is 2. The van der Waals surface area contributed by atoms with Gasteiger partial charge >= 0.3 is 0 Å². The Labute approximate surface area is 205 Å². The van der Waals surface area contributed by atoms with Gasteiger partial charge in [0.25, 0.3) is 5.91 Å². The Morgan fingerprint density at radius 3 is 2.77 bits per heavy atom. The molecule has 2 aliphatic heterocycles. The molecule has 4 heterocycles. The first-order chi connectivity index (χ1) is 16.9. The number of rotatable bonds is 3. The maximum Gasteiger partial charge on any atom is 0.274 e. The summed E-state index contributed by atoms with van der Waals surface area (Å²) in [5, 5.41) is 18.2. The molecule has 0 aliphatic carbocycles. The average molecular weight is 490 g/mol. The Kier molecular flexibility index (Phi) is 4.91. The summed E-state index contributed by atoms with van der Waals surface area (Å²) in [5.74, 6) is -0.410. The number of aromatic nitrogens is 4. The van der Waals surface area contributed by atoms with Gasteiger partial charge in [0.05, 0.1) is 11.1 Å². The summed E-state index contributed by atoms with van der Waals surface area (Å²) in [7, 11) is 1.76. The van der Waals surface area contributed by atoms with Gasteiger partial charge < -0.3 is 10.2 Å². The lowest BCUT2D eigenvalue weighted by atomic mass is 9.87. The molecule has 1 unspecified atom stereocenters. The van der Waals surface area contributed by atoms with E-state index in [1.807, 2.05) is 29.2 Å². The van der Waals surface area contributed by atoms with Crippen molar-refractivity contribution in [1.82, 2.24) is 29.5 Å². The zero-order valence-electron chi connectivity index (χ0n) is 18.9. The van der Waals surface area contributed by atoms with Crippen LogP contribution in [0.2, 0.25) is 5.15 Å². The maximum absolute atomic E-state index is 14.5. The fraction of sp³-hybridized carbons (Fsp3) is 0.280. The standard InChI is InChI=1S/C25H21ClFN7O/c1-32-22(26)18-11-17(4-5-20(18)31-32)34-13-21(24(35)33-9-7-25(14-33)6-8-29-25)30-23(34)15-2-3-16(12-28)19(27)10-15/h2-5,10-11,13,29H,6-9,14H2,1H3. The van der Waals surface area contributed by atoms with E-state index in [0.717, 1.165) is 30.3 Å². The van der Waals surface area contributed by atoms with Gasteiger partial charge in [-0.2, -0.15) is 10.4 Å². The number of aryl methyl sites for hydroxylation is 1. The molecule has 6 rings (SSSR count).